The minimum Gasteiger partial charge on any atom is -0.480 e. The zero-order valence-corrected chi connectivity index (χ0v) is 9.16. The molecular weight excluding hydrogens is 178 g/mol. The minimum absolute atomic E-state index is 0.229. The van der Waals surface area contributed by atoms with Crippen molar-refractivity contribution in [3.8, 4) is 6.07 Å². The molecule has 14 heavy (non-hydrogen) atoms. The van der Waals surface area contributed by atoms with E-state index in [2.05, 4.69) is 0 Å². The summed E-state index contributed by atoms with van der Waals surface area (Å²) in [5.74, 6) is -1.29. The van der Waals surface area contributed by atoms with Crippen LogP contribution in [0.3, 0.4) is 0 Å². The molecule has 3 heteroatoms. The van der Waals surface area contributed by atoms with Crippen molar-refractivity contribution in [1.82, 2.24) is 0 Å². The van der Waals surface area contributed by atoms with Crippen LogP contribution < -0.4 is 0 Å². The van der Waals surface area contributed by atoms with Gasteiger partial charge in [-0.25, -0.2) is 0 Å². The van der Waals surface area contributed by atoms with E-state index >= 15 is 0 Å². The summed E-state index contributed by atoms with van der Waals surface area (Å²) in [6, 6.07) is 1.93. The molecule has 0 aliphatic rings. The van der Waals surface area contributed by atoms with Crippen LogP contribution in [0, 0.1) is 22.7 Å². The summed E-state index contributed by atoms with van der Waals surface area (Å²) in [5.41, 5.74) is -0.735. The highest BCUT2D eigenvalue weighted by molar-refractivity contribution is 5.82. The molecule has 0 heterocycles. The molecule has 0 saturated heterocycles. The van der Waals surface area contributed by atoms with E-state index in [1.54, 1.807) is 26.8 Å². The second-order valence-corrected chi connectivity index (χ2v) is 3.68. The molecule has 0 aromatic rings. The molecule has 3 nitrogen and oxygen atoms in total. The fourth-order valence-electron chi connectivity index (χ4n) is 1.60. The Bertz CT molecular complexity index is 286. The number of carboxylic acids is 1. The molecule has 0 aromatic heterocycles. The van der Waals surface area contributed by atoms with Gasteiger partial charge < -0.3 is 5.11 Å². The lowest BCUT2D eigenvalue weighted by molar-refractivity contribution is -0.145. The van der Waals surface area contributed by atoms with Gasteiger partial charge in [0.05, 0.1) is 6.07 Å². The highest BCUT2D eigenvalue weighted by Gasteiger charge is 2.43. The second-order valence-electron chi connectivity index (χ2n) is 3.68. The summed E-state index contributed by atoms with van der Waals surface area (Å²) >= 11 is 0. The molecule has 0 fully saturated rings. The normalized spacial score (nSPS) is 16.1. The molecule has 1 N–H and O–H groups in total. The van der Waals surface area contributed by atoms with Crippen LogP contribution in [0.4, 0.5) is 0 Å². The van der Waals surface area contributed by atoms with Crippen LogP contribution in [-0.2, 0) is 4.79 Å². The van der Waals surface area contributed by atoms with Crippen LogP contribution in [0.5, 0.6) is 0 Å². The van der Waals surface area contributed by atoms with Crippen molar-refractivity contribution >= 4 is 5.97 Å². The standard InChI is InChI=1S/C11H17NO2/c1-5-6-9(4)11(7-12,8(2)3)10(13)14/h6,8H,5H2,1-4H3,(H,13,14)/b9-6+/t11-/m1/s1. The Kier molecular flexibility index (Phi) is 4.36. The van der Waals surface area contributed by atoms with E-state index in [0.29, 0.717) is 5.57 Å². The van der Waals surface area contributed by atoms with Gasteiger partial charge in [-0.1, -0.05) is 26.8 Å². The van der Waals surface area contributed by atoms with Crippen molar-refractivity contribution in [3.05, 3.63) is 11.6 Å². The van der Waals surface area contributed by atoms with Gasteiger partial charge >= 0.3 is 5.97 Å². The molecule has 0 spiro atoms. The van der Waals surface area contributed by atoms with Crippen LogP contribution >= 0.6 is 0 Å². The smallest absolute Gasteiger partial charge is 0.328 e. The van der Waals surface area contributed by atoms with Crippen molar-refractivity contribution in [2.75, 3.05) is 0 Å². The number of carboxylic acid groups (broad SMARTS) is 1. The number of rotatable bonds is 4. The average Bonchev–Trinajstić information content (AvgIpc) is 2.05. The van der Waals surface area contributed by atoms with Gasteiger partial charge in [0.25, 0.3) is 0 Å². The van der Waals surface area contributed by atoms with Gasteiger partial charge in [0, 0.05) is 0 Å². The van der Waals surface area contributed by atoms with E-state index in [1.807, 2.05) is 13.0 Å². The lowest BCUT2D eigenvalue weighted by Crippen LogP contribution is -2.36. The van der Waals surface area contributed by atoms with Gasteiger partial charge in [-0.15, -0.1) is 0 Å². The lowest BCUT2D eigenvalue weighted by Gasteiger charge is -2.26. The molecule has 1 atom stereocenters. The first kappa shape index (κ1) is 12.7. The van der Waals surface area contributed by atoms with Crippen LogP contribution in [0.25, 0.3) is 0 Å². The number of nitrogens with zero attached hydrogens (tertiary/aromatic N) is 1. The van der Waals surface area contributed by atoms with E-state index in [1.165, 1.54) is 0 Å². The minimum atomic E-state index is -1.37. The van der Waals surface area contributed by atoms with Gasteiger partial charge in [0.15, 0.2) is 5.41 Å². The Balaban J connectivity index is 5.40. The third-order valence-electron chi connectivity index (χ3n) is 2.51. The zero-order valence-electron chi connectivity index (χ0n) is 9.16. The van der Waals surface area contributed by atoms with Crippen LogP contribution in [0.2, 0.25) is 0 Å². The highest BCUT2D eigenvalue weighted by Crippen LogP contribution is 2.35. The number of hydrogen-bond donors (Lipinski definition) is 1. The Morgan fingerprint density at radius 1 is 1.64 bits per heavy atom. The fraction of sp³-hybridized carbons (Fsp3) is 0.636. The lowest BCUT2D eigenvalue weighted by atomic mass is 9.72. The maximum absolute atomic E-state index is 11.1. The van der Waals surface area contributed by atoms with Crippen molar-refractivity contribution in [3.63, 3.8) is 0 Å². The topological polar surface area (TPSA) is 61.1 Å². The van der Waals surface area contributed by atoms with Crippen molar-refractivity contribution < 1.29 is 9.90 Å². The van der Waals surface area contributed by atoms with Crippen LogP contribution in [-0.4, -0.2) is 11.1 Å². The van der Waals surface area contributed by atoms with Crippen molar-refractivity contribution in [2.24, 2.45) is 11.3 Å². The molecule has 0 unspecified atom stereocenters. The van der Waals surface area contributed by atoms with E-state index in [0.717, 1.165) is 6.42 Å². The third kappa shape index (κ3) is 1.95. The SMILES string of the molecule is CC/C=C(\C)[C@](C#N)(C(=O)O)C(C)C. The molecule has 0 radical (unpaired) electrons. The molecule has 0 aromatic carbocycles. The molecule has 78 valence electrons. The molecule has 0 rings (SSSR count). The Morgan fingerprint density at radius 3 is 2.36 bits per heavy atom. The molecule has 0 aliphatic carbocycles. The van der Waals surface area contributed by atoms with E-state index in [4.69, 9.17) is 10.4 Å². The summed E-state index contributed by atoms with van der Waals surface area (Å²) < 4.78 is 0. The van der Waals surface area contributed by atoms with E-state index in [-0.39, 0.29) is 5.92 Å². The van der Waals surface area contributed by atoms with Crippen molar-refractivity contribution in [1.29, 1.82) is 5.26 Å². The first-order valence-electron chi connectivity index (χ1n) is 4.75. The van der Waals surface area contributed by atoms with Gasteiger partial charge in [0.1, 0.15) is 0 Å². The Hall–Kier alpha value is -1.30. The average molecular weight is 195 g/mol. The summed E-state index contributed by atoms with van der Waals surface area (Å²) in [6.07, 6.45) is 2.55. The number of hydrogen-bond acceptors (Lipinski definition) is 2. The molecular formula is C11H17NO2. The third-order valence-corrected chi connectivity index (χ3v) is 2.51. The Labute approximate surface area is 85.0 Å². The van der Waals surface area contributed by atoms with Gasteiger partial charge in [0.2, 0.25) is 0 Å². The van der Waals surface area contributed by atoms with E-state index in [9.17, 15) is 4.79 Å². The zero-order chi connectivity index (χ0) is 11.4. The molecule has 0 amide bonds. The van der Waals surface area contributed by atoms with Gasteiger partial charge in [-0.3, -0.25) is 4.79 Å². The number of nitriles is 1. The maximum atomic E-state index is 11.1. The fourth-order valence-corrected chi connectivity index (χ4v) is 1.60. The second kappa shape index (κ2) is 4.80. The molecule has 0 saturated carbocycles. The first-order valence-corrected chi connectivity index (χ1v) is 4.75. The maximum Gasteiger partial charge on any atom is 0.328 e. The van der Waals surface area contributed by atoms with Crippen LogP contribution in [0.15, 0.2) is 11.6 Å². The van der Waals surface area contributed by atoms with E-state index < -0.39 is 11.4 Å². The first-order chi connectivity index (χ1) is 6.43. The summed E-state index contributed by atoms with van der Waals surface area (Å²) in [4.78, 5) is 11.1. The van der Waals surface area contributed by atoms with Gasteiger partial charge in [-0.05, 0) is 24.8 Å². The largest absolute Gasteiger partial charge is 0.480 e. The number of aliphatic carboxylic acids is 1. The summed E-state index contributed by atoms with van der Waals surface area (Å²) in [7, 11) is 0. The summed E-state index contributed by atoms with van der Waals surface area (Å²) in [6.45, 7) is 7.14. The number of carbonyl (C=O) groups is 1. The number of allylic oxidation sites excluding steroid dienone is 1. The predicted octanol–water partition coefficient (Wildman–Crippen LogP) is 2.59. The van der Waals surface area contributed by atoms with Crippen LogP contribution in [0.1, 0.15) is 34.1 Å². The monoisotopic (exact) mass is 195 g/mol. The molecule has 0 bridgehead atoms. The molecule has 0 aliphatic heterocycles. The Morgan fingerprint density at radius 2 is 2.14 bits per heavy atom. The predicted molar refractivity (Wildman–Crippen MR) is 54.6 cm³/mol. The summed E-state index contributed by atoms with van der Waals surface area (Å²) in [5, 5.41) is 18.2. The highest BCUT2D eigenvalue weighted by atomic mass is 16.4. The quantitative estimate of drug-likeness (QED) is 0.701. The van der Waals surface area contributed by atoms with Crippen molar-refractivity contribution in [2.45, 2.75) is 34.1 Å². The van der Waals surface area contributed by atoms with Gasteiger partial charge in [-0.2, -0.15) is 5.26 Å².